The lowest BCUT2D eigenvalue weighted by molar-refractivity contribution is -0.163. The number of carbonyl (C=O) groups is 1. The van der Waals surface area contributed by atoms with Crippen LogP contribution in [0.15, 0.2) is 0 Å². The van der Waals surface area contributed by atoms with E-state index in [1.165, 1.54) is 25.7 Å². The monoisotopic (exact) mass is 345 g/mol. The van der Waals surface area contributed by atoms with Crippen LogP contribution in [0.1, 0.15) is 72.1 Å². The average molecular weight is 346 g/mol. The van der Waals surface area contributed by atoms with E-state index in [4.69, 9.17) is 0 Å². The summed E-state index contributed by atoms with van der Waals surface area (Å²) in [5, 5.41) is 10.8. The summed E-state index contributed by atoms with van der Waals surface area (Å²) in [5.41, 5.74) is 0.290. The molecule has 5 aliphatic carbocycles. The van der Waals surface area contributed by atoms with Crippen LogP contribution in [-0.4, -0.2) is 34.6 Å². The van der Waals surface area contributed by atoms with Gasteiger partial charge in [-0.2, -0.15) is 0 Å². The lowest BCUT2D eigenvalue weighted by Gasteiger charge is -2.58. The van der Waals surface area contributed by atoms with Crippen LogP contribution in [0.2, 0.25) is 0 Å². The number of fused-ring (bicyclic) bond motifs is 2. The van der Waals surface area contributed by atoms with E-state index < -0.39 is 0 Å². The van der Waals surface area contributed by atoms with Gasteiger partial charge in [-0.1, -0.05) is 20.8 Å². The lowest BCUT2D eigenvalue weighted by Crippen LogP contribution is -2.57. The molecule has 1 N–H and O–H groups in total. The summed E-state index contributed by atoms with van der Waals surface area (Å²) in [7, 11) is 0. The first-order valence-electron chi connectivity index (χ1n) is 10.7. The Morgan fingerprint density at radius 2 is 1.80 bits per heavy atom. The highest BCUT2D eigenvalue weighted by molar-refractivity contribution is 5.77. The van der Waals surface area contributed by atoms with Crippen molar-refractivity contribution in [2.75, 3.05) is 13.1 Å². The van der Waals surface area contributed by atoms with Gasteiger partial charge in [0.05, 0.1) is 5.60 Å². The molecule has 4 atom stereocenters. The average Bonchev–Trinajstić information content (AvgIpc) is 2.66. The summed E-state index contributed by atoms with van der Waals surface area (Å²) in [5.74, 6) is 3.58. The molecule has 1 saturated heterocycles. The van der Waals surface area contributed by atoms with Gasteiger partial charge >= 0.3 is 0 Å². The van der Waals surface area contributed by atoms with Crippen molar-refractivity contribution in [3.05, 3.63) is 0 Å². The number of aliphatic hydroxyl groups is 1. The molecule has 0 radical (unpaired) electrons. The second kappa shape index (κ2) is 5.03. The largest absolute Gasteiger partial charge is 0.390 e. The van der Waals surface area contributed by atoms with E-state index in [-0.39, 0.29) is 5.60 Å². The van der Waals surface area contributed by atoms with Gasteiger partial charge in [-0.3, -0.25) is 4.79 Å². The predicted octanol–water partition coefficient (Wildman–Crippen LogP) is 3.85. The van der Waals surface area contributed by atoms with E-state index in [0.717, 1.165) is 44.7 Å². The zero-order chi connectivity index (χ0) is 17.6. The van der Waals surface area contributed by atoms with Gasteiger partial charge in [-0.25, -0.2) is 0 Å². The van der Waals surface area contributed by atoms with Crippen molar-refractivity contribution in [1.82, 2.24) is 4.90 Å². The van der Waals surface area contributed by atoms with Gasteiger partial charge in [0.25, 0.3) is 0 Å². The van der Waals surface area contributed by atoms with Crippen LogP contribution >= 0.6 is 0 Å². The third-order valence-corrected chi connectivity index (χ3v) is 9.80. The first-order valence-corrected chi connectivity index (χ1v) is 10.7. The summed E-state index contributed by atoms with van der Waals surface area (Å²) < 4.78 is 0. The summed E-state index contributed by atoms with van der Waals surface area (Å²) >= 11 is 0. The Labute approximate surface area is 152 Å². The fraction of sp³-hybridized carbons (Fsp3) is 0.955. The molecule has 25 heavy (non-hydrogen) atoms. The molecule has 6 bridgehead atoms. The molecular formula is C22H35NO2. The van der Waals surface area contributed by atoms with Gasteiger partial charge in [0.2, 0.25) is 5.91 Å². The van der Waals surface area contributed by atoms with Crippen molar-refractivity contribution >= 4 is 5.91 Å². The van der Waals surface area contributed by atoms with E-state index in [0.29, 0.717) is 40.4 Å². The van der Waals surface area contributed by atoms with E-state index in [2.05, 4.69) is 25.7 Å². The van der Waals surface area contributed by atoms with Crippen LogP contribution < -0.4 is 0 Å². The van der Waals surface area contributed by atoms with Crippen molar-refractivity contribution in [2.45, 2.75) is 77.7 Å². The molecule has 1 amide bonds. The highest BCUT2D eigenvalue weighted by Gasteiger charge is 2.58. The molecule has 3 heteroatoms. The maximum Gasteiger partial charge on any atom is 0.222 e. The standard InChI is InChI=1S/C22H35NO2/c1-20(2)17-4-5-21(20,3)13-23(12-17)19(24)8-18-15-6-14-7-16(18)11-22(25,9-14)10-15/h14-18,25H,4-13H2,1-3H3/t14?,15?,16?,17?,18?,21-,22?/m1/s1. The minimum absolute atomic E-state index is 0.296. The van der Waals surface area contributed by atoms with Gasteiger partial charge in [-0.05, 0) is 85.4 Å². The van der Waals surface area contributed by atoms with Crippen LogP contribution in [0.25, 0.3) is 0 Å². The first kappa shape index (κ1) is 16.6. The minimum Gasteiger partial charge on any atom is -0.390 e. The van der Waals surface area contributed by atoms with E-state index in [1.54, 1.807) is 0 Å². The van der Waals surface area contributed by atoms with Gasteiger partial charge in [0, 0.05) is 19.5 Å². The summed E-state index contributed by atoms with van der Waals surface area (Å²) in [6, 6.07) is 0. The van der Waals surface area contributed by atoms with Crippen LogP contribution in [0, 0.1) is 40.4 Å². The third kappa shape index (κ3) is 2.30. The summed E-state index contributed by atoms with van der Waals surface area (Å²) in [4.78, 5) is 15.4. The van der Waals surface area contributed by atoms with Crippen LogP contribution in [0.5, 0.6) is 0 Å². The zero-order valence-electron chi connectivity index (χ0n) is 16.3. The number of carbonyl (C=O) groups excluding carboxylic acids is 1. The molecule has 0 aromatic carbocycles. The number of hydrogen-bond donors (Lipinski definition) is 1. The van der Waals surface area contributed by atoms with Gasteiger partial charge < -0.3 is 10.0 Å². The number of amides is 1. The van der Waals surface area contributed by atoms with Crippen molar-refractivity contribution < 1.29 is 9.90 Å². The number of rotatable bonds is 2. The Bertz CT molecular complexity index is 583. The SMILES string of the molecule is CC1(C)C2CC[C@]1(C)CN(C(=O)CC1C3CC4CC1CC(O)(C4)C3)C2. The molecule has 140 valence electrons. The van der Waals surface area contributed by atoms with Crippen molar-refractivity contribution in [2.24, 2.45) is 40.4 Å². The van der Waals surface area contributed by atoms with E-state index >= 15 is 0 Å². The van der Waals surface area contributed by atoms with Crippen LogP contribution in [-0.2, 0) is 4.79 Å². The Kier molecular flexibility index (Phi) is 3.34. The molecule has 6 aliphatic rings. The Hall–Kier alpha value is -0.570. The minimum atomic E-state index is -0.377. The molecule has 0 aromatic heterocycles. The Balaban J connectivity index is 1.29. The van der Waals surface area contributed by atoms with Gasteiger partial charge in [0.15, 0.2) is 0 Å². The lowest BCUT2D eigenvalue weighted by atomic mass is 9.49. The third-order valence-electron chi connectivity index (χ3n) is 9.80. The molecule has 5 saturated carbocycles. The van der Waals surface area contributed by atoms with Crippen LogP contribution in [0.4, 0.5) is 0 Å². The molecule has 3 nitrogen and oxygen atoms in total. The summed E-state index contributed by atoms with van der Waals surface area (Å²) in [6.07, 6.45) is 8.81. The molecule has 1 heterocycles. The second-order valence-electron chi connectivity index (χ2n) is 11.4. The van der Waals surface area contributed by atoms with E-state index in [9.17, 15) is 9.90 Å². The maximum atomic E-state index is 13.2. The molecular weight excluding hydrogens is 310 g/mol. The Morgan fingerprint density at radius 1 is 1.12 bits per heavy atom. The predicted molar refractivity (Wildman–Crippen MR) is 97.8 cm³/mol. The highest BCUT2D eigenvalue weighted by Crippen LogP contribution is 2.61. The van der Waals surface area contributed by atoms with Crippen LogP contribution in [0.3, 0.4) is 0 Å². The van der Waals surface area contributed by atoms with Crippen molar-refractivity contribution in [1.29, 1.82) is 0 Å². The normalized spacial score (nSPS) is 52.6. The molecule has 0 aromatic rings. The Morgan fingerprint density at radius 3 is 2.40 bits per heavy atom. The quantitative estimate of drug-likeness (QED) is 0.826. The maximum absolute atomic E-state index is 13.2. The molecule has 6 rings (SSSR count). The number of nitrogens with zero attached hydrogens (tertiary/aromatic N) is 1. The van der Waals surface area contributed by atoms with Gasteiger partial charge in [-0.15, -0.1) is 0 Å². The fourth-order valence-electron chi connectivity index (χ4n) is 7.96. The second-order valence-corrected chi connectivity index (χ2v) is 11.4. The number of likely N-dealkylation sites (tertiary alicyclic amines) is 1. The smallest absolute Gasteiger partial charge is 0.222 e. The first-order chi connectivity index (χ1) is 11.7. The summed E-state index contributed by atoms with van der Waals surface area (Å²) in [6.45, 7) is 9.20. The zero-order valence-corrected chi connectivity index (χ0v) is 16.3. The fourth-order valence-corrected chi connectivity index (χ4v) is 7.96. The van der Waals surface area contributed by atoms with Crippen molar-refractivity contribution in [3.8, 4) is 0 Å². The highest BCUT2D eigenvalue weighted by atomic mass is 16.3. The molecule has 0 spiro atoms. The number of piperidine rings is 1. The van der Waals surface area contributed by atoms with E-state index in [1.807, 2.05) is 0 Å². The molecule has 3 unspecified atom stereocenters. The van der Waals surface area contributed by atoms with Gasteiger partial charge in [0.1, 0.15) is 0 Å². The van der Waals surface area contributed by atoms with Crippen molar-refractivity contribution in [3.63, 3.8) is 0 Å². The molecule has 1 aliphatic heterocycles. The number of hydrogen-bond acceptors (Lipinski definition) is 2. The topological polar surface area (TPSA) is 40.5 Å². The molecule has 6 fully saturated rings.